The second-order valence-corrected chi connectivity index (χ2v) is 4.61. The fourth-order valence-corrected chi connectivity index (χ4v) is 2.40. The highest BCUT2D eigenvalue weighted by Gasteiger charge is 2.32. The molecule has 2 N–H and O–H groups in total. The summed E-state index contributed by atoms with van der Waals surface area (Å²) in [7, 11) is 0. The molecule has 0 spiro atoms. The van der Waals surface area contributed by atoms with Gasteiger partial charge in [-0.1, -0.05) is 0 Å². The van der Waals surface area contributed by atoms with Crippen molar-refractivity contribution in [3.8, 4) is 0 Å². The van der Waals surface area contributed by atoms with Crippen molar-refractivity contribution in [1.29, 1.82) is 0 Å². The van der Waals surface area contributed by atoms with Gasteiger partial charge in [0, 0.05) is 12.6 Å². The monoisotopic (exact) mass is 227 g/mol. The zero-order valence-corrected chi connectivity index (χ0v) is 9.15. The largest absolute Gasteiger partial charge is 0.481 e. The van der Waals surface area contributed by atoms with E-state index < -0.39 is 5.97 Å². The predicted molar refractivity (Wildman–Crippen MR) is 55.8 cm³/mol. The minimum atomic E-state index is -0.749. The van der Waals surface area contributed by atoms with E-state index in [1.165, 1.54) is 0 Å². The van der Waals surface area contributed by atoms with E-state index in [0.717, 1.165) is 12.8 Å². The summed E-state index contributed by atoms with van der Waals surface area (Å²) in [4.78, 5) is 22.5. The van der Waals surface area contributed by atoms with E-state index in [4.69, 9.17) is 9.84 Å². The van der Waals surface area contributed by atoms with Gasteiger partial charge in [-0.15, -0.1) is 0 Å². The van der Waals surface area contributed by atoms with Gasteiger partial charge in [0.05, 0.1) is 18.4 Å². The lowest BCUT2D eigenvalue weighted by Gasteiger charge is -2.15. The molecule has 0 bridgehead atoms. The van der Waals surface area contributed by atoms with E-state index >= 15 is 0 Å². The number of ether oxygens (including phenoxy) is 1. The SMILES string of the molecule is O=C(O)C1CCC(NC(=O)C2CCOC2)C1. The first-order valence-corrected chi connectivity index (χ1v) is 5.77. The Morgan fingerprint density at radius 1 is 1.19 bits per heavy atom. The number of nitrogens with one attached hydrogen (secondary N) is 1. The van der Waals surface area contributed by atoms with Crippen LogP contribution in [0, 0.1) is 11.8 Å². The summed E-state index contributed by atoms with van der Waals surface area (Å²) < 4.78 is 5.15. The van der Waals surface area contributed by atoms with Crippen molar-refractivity contribution in [1.82, 2.24) is 5.32 Å². The first-order chi connectivity index (χ1) is 7.66. The number of rotatable bonds is 3. The first-order valence-electron chi connectivity index (χ1n) is 5.77. The summed E-state index contributed by atoms with van der Waals surface area (Å²) >= 11 is 0. The normalized spacial score (nSPS) is 33.9. The van der Waals surface area contributed by atoms with Crippen LogP contribution in [0.2, 0.25) is 0 Å². The second kappa shape index (κ2) is 4.82. The average Bonchev–Trinajstić information content (AvgIpc) is 2.87. The third-order valence-electron chi connectivity index (χ3n) is 3.43. The van der Waals surface area contributed by atoms with Gasteiger partial charge in [-0.05, 0) is 25.7 Å². The fourth-order valence-electron chi connectivity index (χ4n) is 2.40. The van der Waals surface area contributed by atoms with Crippen LogP contribution in [-0.2, 0) is 14.3 Å². The van der Waals surface area contributed by atoms with Crippen molar-refractivity contribution in [2.45, 2.75) is 31.7 Å². The van der Waals surface area contributed by atoms with Gasteiger partial charge in [0.2, 0.25) is 5.91 Å². The molecule has 0 aromatic rings. The molecule has 90 valence electrons. The quantitative estimate of drug-likeness (QED) is 0.731. The highest BCUT2D eigenvalue weighted by atomic mass is 16.5. The van der Waals surface area contributed by atoms with E-state index in [2.05, 4.69) is 5.32 Å². The summed E-state index contributed by atoms with van der Waals surface area (Å²) in [6.45, 7) is 1.15. The minimum Gasteiger partial charge on any atom is -0.481 e. The topological polar surface area (TPSA) is 75.6 Å². The van der Waals surface area contributed by atoms with Crippen LogP contribution in [0.3, 0.4) is 0 Å². The summed E-state index contributed by atoms with van der Waals surface area (Å²) in [6, 6.07) is 0.0363. The number of carbonyl (C=O) groups excluding carboxylic acids is 1. The van der Waals surface area contributed by atoms with Gasteiger partial charge in [-0.3, -0.25) is 9.59 Å². The molecule has 3 atom stereocenters. The zero-order valence-electron chi connectivity index (χ0n) is 9.15. The van der Waals surface area contributed by atoms with E-state index in [9.17, 15) is 9.59 Å². The standard InChI is InChI=1S/C11H17NO4/c13-10(8-3-4-16-6-8)12-9-2-1-7(5-9)11(14)15/h7-9H,1-6H2,(H,12,13)(H,14,15). The summed E-state index contributed by atoms with van der Waals surface area (Å²) in [5, 5.41) is 11.8. The number of carboxylic acid groups (broad SMARTS) is 1. The molecule has 1 saturated carbocycles. The van der Waals surface area contributed by atoms with Crippen LogP contribution in [0.1, 0.15) is 25.7 Å². The molecule has 0 aromatic heterocycles. The second-order valence-electron chi connectivity index (χ2n) is 4.61. The van der Waals surface area contributed by atoms with E-state index in [-0.39, 0.29) is 23.8 Å². The molecule has 5 nitrogen and oxygen atoms in total. The minimum absolute atomic E-state index is 0.0218. The molecule has 16 heavy (non-hydrogen) atoms. The molecule has 1 aliphatic carbocycles. The molecular formula is C11H17NO4. The fraction of sp³-hybridized carbons (Fsp3) is 0.818. The molecule has 1 aliphatic heterocycles. The van der Waals surface area contributed by atoms with Gasteiger partial charge in [-0.25, -0.2) is 0 Å². The molecule has 2 rings (SSSR count). The Morgan fingerprint density at radius 2 is 2.00 bits per heavy atom. The van der Waals surface area contributed by atoms with Gasteiger partial charge in [-0.2, -0.15) is 0 Å². The third-order valence-corrected chi connectivity index (χ3v) is 3.43. The maximum Gasteiger partial charge on any atom is 0.306 e. The average molecular weight is 227 g/mol. The van der Waals surface area contributed by atoms with Crippen molar-refractivity contribution in [2.24, 2.45) is 11.8 Å². The molecule has 2 aliphatic rings. The molecular weight excluding hydrogens is 210 g/mol. The van der Waals surface area contributed by atoms with Crippen LogP contribution < -0.4 is 5.32 Å². The van der Waals surface area contributed by atoms with Gasteiger partial charge in [0.1, 0.15) is 0 Å². The lowest BCUT2D eigenvalue weighted by atomic mass is 10.1. The van der Waals surface area contributed by atoms with E-state index in [1.807, 2.05) is 0 Å². The zero-order chi connectivity index (χ0) is 11.5. The van der Waals surface area contributed by atoms with Crippen LogP contribution in [0.4, 0.5) is 0 Å². The molecule has 1 amide bonds. The Hall–Kier alpha value is -1.10. The van der Waals surface area contributed by atoms with Crippen molar-refractivity contribution in [3.05, 3.63) is 0 Å². The Kier molecular flexibility index (Phi) is 3.43. The number of hydrogen-bond donors (Lipinski definition) is 2. The molecule has 1 heterocycles. The molecule has 3 unspecified atom stereocenters. The number of aliphatic carboxylic acids is 1. The molecule has 1 saturated heterocycles. The van der Waals surface area contributed by atoms with Crippen molar-refractivity contribution < 1.29 is 19.4 Å². The molecule has 0 radical (unpaired) electrons. The van der Waals surface area contributed by atoms with Crippen LogP contribution in [0.15, 0.2) is 0 Å². The van der Waals surface area contributed by atoms with Crippen molar-refractivity contribution in [3.63, 3.8) is 0 Å². The predicted octanol–water partition coefficient (Wildman–Crippen LogP) is 0.392. The highest BCUT2D eigenvalue weighted by Crippen LogP contribution is 2.26. The molecule has 2 fully saturated rings. The van der Waals surface area contributed by atoms with E-state index in [1.54, 1.807) is 0 Å². The van der Waals surface area contributed by atoms with Crippen LogP contribution >= 0.6 is 0 Å². The third kappa shape index (κ3) is 2.52. The smallest absolute Gasteiger partial charge is 0.306 e. The number of amides is 1. The Bertz CT molecular complexity index is 286. The molecule has 0 aromatic carbocycles. The van der Waals surface area contributed by atoms with E-state index in [0.29, 0.717) is 26.1 Å². The maximum atomic E-state index is 11.7. The van der Waals surface area contributed by atoms with Gasteiger partial charge in [0.15, 0.2) is 0 Å². The summed E-state index contributed by atoms with van der Waals surface area (Å²) in [5.74, 6) is -1.05. The number of carbonyl (C=O) groups is 2. The Morgan fingerprint density at radius 3 is 2.56 bits per heavy atom. The van der Waals surface area contributed by atoms with Crippen LogP contribution in [-0.4, -0.2) is 36.2 Å². The highest BCUT2D eigenvalue weighted by molar-refractivity contribution is 5.79. The Labute approximate surface area is 94.2 Å². The van der Waals surface area contributed by atoms with Crippen LogP contribution in [0.5, 0.6) is 0 Å². The van der Waals surface area contributed by atoms with Gasteiger partial charge < -0.3 is 15.2 Å². The van der Waals surface area contributed by atoms with Crippen LogP contribution in [0.25, 0.3) is 0 Å². The first kappa shape index (κ1) is 11.4. The number of hydrogen-bond acceptors (Lipinski definition) is 3. The lowest BCUT2D eigenvalue weighted by Crippen LogP contribution is -2.38. The summed E-state index contributed by atoms with van der Waals surface area (Å²) in [5.41, 5.74) is 0. The van der Waals surface area contributed by atoms with Gasteiger partial charge in [0.25, 0.3) is 0 Å². The number of carboxylic acids is 1. The maximum absolute atomic E-state index is 11.7. The lowest BCUT2D eigenvalue weighted by molar-refractivity contribution is -0.141. The Balaban J connectivity index is 1.78. The van der Waals surface area contributed by atoms with Crippen molar-refractivity contribution >= 4 is 11.9 Å². The molecule has 5 heteroatoms. The van der Waals surface area contributed by atoms with Crippen molar-refractivity contribution in [2.75, 3.05) is 13.2 Å². The summed E-state index contributed by atoms with van der Waals surface area (Å²) in [6.07, 6.45) is 2.79. The van der Waals surface area contributed by atoms with Gasteiger partial charge >= 0.3 is 5.97 Å².